The van der Waals surface area contributed by atoms with E-state index in [1.165, 1.54) is 12.3 Å². The van der Waals surface area contributed by atoms with Crippen LogP contribution in [0.5, 0.6) is 5.75 Å². The average molecular weight is 298 g/mol. The van der Waals surface area contributed by atoms with Crippen LogP contribution < -0.4 is 16.2 Å². The number of hydrogen-bond acceptors (Lipinski definition) is 4. The molecule has 0 aromatic carbocycles. The second kappa shape index (κ2) is 5.28. The van der Waals surface area contributed by atoms with Gasteiger partial charge in [0.15, 0.2) is 11.5 Å². The summed E-state index contributed by atoms with van der Waals surface area (Å²) in [5.74, 6) is -1.08. The fourth-order valence-corrected chi connectivity index (χ4v) is 1.85. The van der Waals surface area contributed by atoms with Gasteiger partial charge in [-0.15, -0.1) is 0 Å². The molecule has 0 saturated heterocycles. The molecule has 0 spiro atoms. The molecule has 0 fully saturated rings. The Morgan fingerprint density at radius 3 is 2.67 bits per heavy atom. The zero-order valence-electron chi connectivity index (χ0n) is 11.6. The number of carbonyl (C=O) groups excluding carboxylic acids is 1. The zero-order valence-corrected chi connectivity index (χ0v) is 11.6. The van der Waals surface area contributed by atoms with E-state index < -0.39 is 23.8 Å². The van der Waals surface area contributed by atoms with Crippen molar-refractivity contribution in [2.24, 2.45) is 11.5 Å². The summed E-state index contributed by atoms with van der Waals surface area (Å²) in [5.41, 5.74) is 10.1. The summed E-state index contributed by atoms with van der Waals surface area (Å²) in [6.07, 6.45) is -1.50. The SMILES string of the molecule is CC(C)(CN)Oc1ccc2c(C(N)=O)nc(C(F)F)n2c1. The molecule has 0 saturated carbocycles. The topological polar surface area (TPSA) is 95.6 Å². The van der Waals surface area contributed by atoms with Crippen molar-refractivity contribution in [3.63, 3.8) is 0 Å². The first-order chi connectivity index (χ1) is 9.75. The molecule has 0 aliphatic rings. The number of aromatic nitrogens is 2. The van der Waals surface area contributed by atoms with Gasteiger partial charge in [-0.1, -0.05) is 0 Å². The van der Waals surface area contributed by atoms with Gasteiger partial charge < -0.3 is 16.2 Å². The Kier molecular flexibility index (Phi) is 3.82. The largest absolute Gasteiger partial charge is 0.485 e. The highest BCUT2D eigenvalue weighted by atomic mass is 19.3. The number of pyridine rings is 1. The minimum atomic E-state index is -2.84. The van der Waals surface area contributed by atoms with Crippen molar-refractivity contribution in [3.05, 3.63) is 29.8 Å². The second-order valence-corrected chi connectivity index (χ2v) is 5.17. The maximum absolute atomic E-state index is 13.0. The van der Waals surface area contributed by atoms with E-state index in [0.717, 1.165) is 4.40 Å². The van der Waals surface area contributed by atoms with E-state index in [-0.39, 0.29) is 17.8 Å². The maximum atomic E-state index is 13.0. The molecule has 1 amide bonds. The Labute approximate surface area is 119 Å². The molecule has 0 bridgehead atoms. The van der Waals surface area contributed by atoms with Crippen molar-refractivity contribution in [2.45, 2.75) is 25.9 Å². The molecule has 21 heavy (non-hydrogen) atoms. The van der Waals surface area contributed by atoms with Crippen LogP contribution in [-0.2, 0) is 0 Å². The fourth-order valence-electron chi connectivity index (χ4n) is 1.85. The van der Waals surface area contributed by atoms with Crippen LogP contribution in [0, 0.1) is 0 Å². The molecule has 8 heteroatoms. The van der Waals surface area contributed by atoms with E-state index in [1.54, 1.807) is 19.9 Å². The van der Waals surface area contributed by atoms with Crippen LogP contribution in [0.1, 0.15) is 36.6 Å². The van der Waals surface area contributed by atoms with Crippen LogP contribution in [0.2, 0.25) is 0 Å². The molecular weight excluding hydrogens is 282 g/mol. The van der Waals surface area contributed by atoms with Crippen LogP contribution in [0.4, 0.5) is 8.78 Å². The number of nitrogens with zero attached hydrogens (tertiary/aromatic N) is 2. The van der Waals surface area contributed by atoms with Gasteiger partial charge in [0.1, 0.15) is 11.4 Å². The first kappa shape index (κ1) is 15.2. The lowest BCUT2D eigenvalue weighted by atomic mass is 10.1. The lowest BCUT2D eigenvalue weighted by molar-refractivity contribution is 0.0996. The van der Waals surface area contributed by atoms with Crippen molar-refractivity contribution in [2.75, 3.05) is 6.54 Å². The summed E-state index contributed by atoms with van der Waals surface area (Å²) in [6.45, 7) is 3.80. The predicted octanol–water partition coefficient (Wildman–Crippen LogP) is 1.49. The Morgan fingerprint density at radius 1 is 1.48 bits per heavy atom. The number of primary amides is 1. The first-order valence-corrected chi connectivity index (χ1v) is 6.24. The van der Waals surface area contributed by atoms with E-state index in [0.29, 0.717) is 5.75 Å². The lowest BCUT2D eigenvalue weighted by Crippen LogP contribution is -2.37. The molecular formula is C13H16F2N4O2. The first-order valence-electron chi connectivity index (χ1n) is 6.24. The fraction of sp³-hybridized carbons (Fsp3) is 0.385. The smallest absolute Gasteiger partial charge is 0.295 e. The molecule has 0 aliphatic carbocycles. The maximum Gasteiger partial charge on any atom is 0.295 e. The number of nitrogens with two attached hydrogens (primary N) is 2. The number of hydrogen-bond donors (Lipinski definition) is 2. The van der Waals surface area contributed by atoms with Crippen LogP contribution in [-0.4, -0.2) is 27.4 Å². The number of halogens is 2. The van der Waals surface area contributed by atoms with Crippen LogP contribution >= 0.6 is 0 Å². The van der Waals surface area contributed by atoms with Gasteiger partial charge in [-0.25, -0.2) is 13.8 Å². The van der Waals surface area contributed by atoms with Gasteiger partial charge in [0, 0.05) is 6.54 Å². The van der Waals surface area contributed by atoms with Crippen LogP contribution in [0.3, 0.4) is 0 Å². The molecule has 6 nitrogen and oxygen atoms in total. The van der Waals surface area contributed by atoms with Gasteiger partial charge in [0.2, 0.25) is 0 Å². The minimum Gasteiger partial charge on any atom is -0.485 e. The van der Waals surface area contributed by atoms with Gasteiger partial charge >= 0.3 is 0 Å². The molecule has 0 aliphatic heterocycles. The van der Waals surface area contributed by atoms with Crippen molar-refractivity contribution in [3.8, 4) is 5.75 Å². The van der Waals surface area contributed by atoms with E-state index >= 15 is 0 Å². The monoisotopic (exact) mass is 298 g/mol. The summed E-state index contributed by atoms with van der Waals surface area (Å²) < 4.78 is 32.8. The highest BCUT2D eigenvalue weighted by Gasteiger charge is 2.23. The summed E-state index contributed by atoms with van der Waals surface area (Å²) in [6, 6.07) is 3.01. The van der Waals surface area contributed by atoms with Crippen molar-refractivity contribution in [1.82, 2.24) is 9.38 Å². The summed E-state index contributed by atoms with van der Waals surface area (Å²) in [4.78, 5) is 14.9. The van der Waals surface area contributed by atoms with E-state index in [2.05, 4.69) is 4.98 Å². The molecule has 2 aromatic heterocycles. The van der Waals surface area contributed by atoms with Gasteiger partial charge in [0.05, 0.1) is 11.7 Å². The Hall–Kier alpha value is -2.22. The Morgan fingerprint density at radius 2 is 2.14 bits per heavy atom. The van der Waals surface area contributed by atoms with Crippen molar-refractivity contribution in [1.29, 1.82) is 0 Å². The number of carbonyl (C=O) groups is 1. The lowest BCUT2D eigenvalue weighted by Gasteiger charge is -2.24. The third-order valence-corrected chi connectivity index (χ3v) is 2.95. The number of imidazole rings is 1. The van der Waals surface area contributed by atoms with Gasteiger partial charge in [0.25, 0.3) is 12.3 Å². The number of ether oxygens (including phenoxy) is 1. The molecule has 0 atom stereocenters. The minimum absolute atomic E-state index is 0.199. The summed E-state index contributed by atoms with van der Waals surface area (Å²) >= 11 is 0. The standard InChI is InChI=1S/C13H16F2N4O2/c1-13(2,6-16)21-7-3-4-8-9(11(17)20)18-12(10(14)15)19(8)5-7/h3-5,10H,6,16H2,1-2H3,(H2,17,20). The van der Waals surface area contributed by atoms with Gasteiger partial charge in [-0.05, 0) is 26.0 Å². The normalized spacial score (nSPS) is 12.1. The summed E-state index contributed by atoms with van der Waals surface area (Å²) in [5, 5.41) is 0. The molecule has 4 N–H and O–H groups in total. The molecule has 0 radical (unpaired) electrons. The zero-order chi connectivity index (χ0) is 15.8. The Balaban J connectivity index is 2.56. The van der Waals surface area contributed by atoms with E-state index in [4.69, 9.17) is 16.2 Å². The molecule has 0 unspecified atom stereocenters. The van der Waals surface area contributed by atoms with Gasteiger partial charge in [-0.3, -0.25) is 9.20 Å². The van der Waals surface area contributed by atoms with Crippen molar-refractivity contribution < 1.29 is 18.3 Å². The molecule has 2 aromatic rings. The number of amides is 1. The van der Waals surface area contributed by atoms with Crippen molar-refractivity contribution >= 4 is 11.4 Å². The molecule has 114 valence electrons. The highest BCUT2D eigenvalue weighted by molar-refractivity contribution is 5.98. The predicted molar refractivity (Wildman–Crippen MR) is 72.4 cm³/mol. The second-order valence-electron chi connectivity index (χ2n) is 5.17. The third kappa shape index (κ3) is 2.94. The third-order valence-electron chi connectivity index (χ3n) is 2.95. The van der Waals surface area contributed by atoms with E-state index in [1.807, 2.05) is 0 Å². The molecule has 2 heterocycles. The quantitative estimate of drug-likeness (QED) is 0.874. The van der Waals surface area contributed by atoms with Gasteiger partial charge in [-0.2, -0.15) is 0 Å². The Bertz CT molecular complexity index is 682. The highest BCUT2D eigenvalue weighted by Crippen LogP contribution is 2.26. The number of fused-ring (bicyclic) bond motifs is 1. The van der Waals surface area contributed by atoms with Crippen LogP contribution in [0.15, 0.2) is 18.3 Å². The molecule has 2 rings (SSSR count). The summed E-state index contributed by atoms with van der Waals surface area (Å²) in [7, 11) is 0. The number of rotatable bonds is 5. The average Bonchev–Trinajstić information content (AvgIpc) is 2.77. The van der Waals surface area contributed by atoms with E-state index in [9.17, 15) is 13.6 Å². The van der Waals surface area contributed by atoms with Crippen LogP contribution in [0.25, 0.3) is 5.52 Å². The number of alkyl halides is 2.